The van der Waals surface area contributed by atoms with Crippen molar-refractivity contribution in [1.82, 2.24) is 10.1 Å². The summed E-state index contributed by atoms with van der Waals surface area (Å²) >= 11 is 8.60. The van der Waals surface area contributed by atoms with E-state index in [0.29, 0.717) is 0 Å². The van der Waals surface area contributed by atoms with Crippen LogP contribution in [-0.2, 0) is 0 Å². The van der Waals surface area contributed by atoms with Crippen molar-refractivity contribution in [2.45, 2.75) is 0 Å². The molecular formula is C8H3BrClFN2O. The predicted octanol–water partition coefficient (Wildman–Crippen LogP) is 3.29. The number of benzene rings is 1. The maximum atomic E-state index is 13.4. The van der Waals surface area contributed by atoms with Gasteiger partial charge in [0.05, 0.1) is 10.6 Å². The van der Waals surface area contributed by atoms with Gasteiger partial charge in [-0.25, -0.2) is 4.39 Å². The van der Waals surface area contributed by atoms with E-state index in [1.54, 1.807) is 6.07 Å². The number of rotatable bonds is 1. The molecule has 6 heteroatoms. The van der Waals surface area contributed by atoms with Crippen LogP contribution in [0.1, 0.15) is 0 Å². The number of nitrogens with zero attached hydrogens (tertiary/aromatic N) is 2. The Morgan fingerprint density at radius 3 is 2.86 bits per heavy atom. The van der Waals surface area contributed by atoms with Crippen LogP contribution in [-0.4, -0.2) is 10.1 Å². The summed E-state index contributed by atoms with van der Waals surface area (Å²) < 4.78 is 18.5. The lowest BCUT2D eigenvalue weighted by Crippen LogP contribution is -1.84. The zero-order chi connectivity index (χ0) is 10.1. The lowest BCUT2D eigenvalue weighted by atomic mass is 10.2. The number of hydrogen-bond donors (Lipinski definition) is 0. The monoisotopic (exact) mass is 276 g/mol. The maximum absolute atomic E-state index is 13.4. The fraction of sp³-hybridized carbons (Fsp3) is 0. The van der Waals surface area contributed by atoms with Gasteiger partial charge in [0, 0.05) is 0 Å². The SMILES string of the molecule is Fc1c(Cl)cccc1-c1nc(Br)no1. The van der Waals surface area contributed by atoms with E-state index >= 15 is 0 Å². The van der Waals surface area contributed by atoms with Gasteiger partial charge < -0.3 is 4.52 Å². The molecule has 0 aliphatic rings. The van der Waals surface area contributed by atoms with Crippen LogP contribution in [0.3, 0.4) is 0 Å². The molecule has 72 valence electrons. The molecule has 1 aromatic heterocycles. The van der Waals surface area contributed by atoms with E-state index in [1.807, 2.05) is 0 Å². The zero-order valence-corrected chi connectivity index (χ0v) is 9.01. The van der Waals surface area contributed by atoms with Crippen LogP contribution in [0.25, 0.3) is 11.5 Å². The molecule has 0 saturated heterocycles. The highest BCUT2D eigenvalue weighted by Crippen LogP contribution is 2.26. The molecule has 0 N–H and O–H groups in total. The van der Waals surface area contributed by atoms with Crippen LogP contribution in [0.5, 0.6) is 0 Å². The van der Waals surface area contributed by atoms with E-state index in [9.17, 15) is 4.39 Å². The molecule has 14 heavy (non-hydrogen) atoms. The first-order valence-electron chi connectivity index (χ1n) is 3.62. The van der Waals surface area contributed by atoms with Gasteiger partial charge in [0.1, 0.15) is 0 Å². The van der Waals surface area contributed by atoms with E-state index in [2.05, 4.69) is 26.1 Å². The largest absolute Gasteiger partial charge is 0.333 e. The van der Waals surface area contributed by atoms with Gasteiger partial charge in [-0.2, -0.15) is 4.98 Å². The summed E-state index contributed by atoms with van der Waals surface area (Å²) in [6.45, 7) is 0. The van der Waals surface area contributed by atoms with Crippen LogP contribution >= 0.6 is 27.5 Å². The Morgan fingerprint density at radius 2 is 2.21 bits per heavy atom. The summed E-state index contributed by atoms with van der Waals surface area (Å²) in [7, 11) is 0. The molecule has 2 rings (SSSR count). The summed E-state index contributed by atoms with van der Waals surface area (Å²) in [6.07, 6.45) is 0. The Labute approximate surface area is 92.0 Å². The van der Waals surface area contributed by atoms with Crippen molar-refractivity contribution >= 4 is 27.5 Å². The molecule has 0 amide bonds. The lowest BCUT2D eigenvalue weighted by molar-refractivity contribution is 0.424. The predicted molar refractivity (Wildman–Crippen MR) is 52.4 cm³/mol. The van der Waals surface area contributed by atoms with Gasteiger partial charge >= 0.3 is 0 Å². The average Bonchev–Trinajstić information content (AvgIpc) is 2.57. The van der Waals surface area contributed by atoms with Gasteiger partial charge in [0.15, 0.2) is 5.82 Å². The fourth-order valence-corrected chi connectivity index (χ4v) is 1.39. The molecule has 0 radical (unpaired) electrons. The first-order valence-corrected chi connectivity index (χ1v) is 4.79. The fourth-order valence-electron chi connectivity index (χ4n) is 0.984. The quantitative estimate of drug-likeness (QED) is 0.803. The Balaban J connectivity index is 2.57. The molecule has 0 aliphatic carbocycles. The second-order valence-electron chi connectivity index (χ2n) is 2.47. The average molecular weight is 277 g/mol. The topological polar surface area (TPSA) is 38.9 Å². The Morgan fingerprint density at radius 1 is 1.43 bits per heavy atom. The first-order chi connectivity index (χ1) is 6.68. The standard InChI is InChI=1S/C8H3BrClFN2O/c9-8-12-7(14-13-8)4-2-1-3-5(10)6(4)11/h1-3H. The van der Waals surface area contributed by atoms with Crippen molar-refractivity contribution in [3.05, 3.63) is 33.8 Å². The van der Waals surface area contributed by atoms with E-state index in [0.717, 1.165) is 0 Å². The normalized spacial score (nSPS) is 10.5. The summed E-state index contributed by atoms with van der Waals surface area (Å²) in [5.74, 6) is -0.470. The summed E-state index contributed by atoms with van der Waals surface area (Å²) in [5.41, 5.74) is 0.190. The highest BCUT2D eigenvalue weighted by atomic mass is 79.9. The second kappa shape index (κ2) is 3.67. The van der Waals surface area contributed by atoms with Crippen molar-refractivity contribution in [2.75, 3.05) is 0 Å². The van der Waals surface area contributed by atoms with Gasteiger partial charge in [0.25, 0.3) is 5.89 Å². The summed E-state index contributed by atoms with van der Waals surface area (Å²) in [5, 5.41) is 3.51. The molecule has 0 spiro atoms. The number of halogens is 3. The molecular weight excluding hydrogens is 274 g/mol. The highest BCUT2D eigenvalue weighted by Gasteiger charge is 2.13. The van der Waals surface area contributed by atoms with Crippen molar-refractivity contribution in [3.8, 4) is 11.5 Å². The van der Waals surface area contributed by atoms with E-state index < -0.39 is 5.82 Å². The van der Waals surface area contributed by atoms with Crippen molar-refractivity contribution in [1.29, 1.82) is 0 Å². The van der Waals surface area contributed by atoms with Crippen molar-refractivity contribution in [2.24, 2.45) is 0 Å². The highest BCUT2D eigenvalue weighted by molar-refractivity contribution is 9.10. The van der Waals surface area contributed by atoms with Gasteiger partial charge in [-0.1, -0.05) is 17.7 Å². The lowest BCUT2D eigenvalue weighted by Gasteiger charge is -1.97. The van der Waals surface area contributed by atoms with Crippen LogP contribution < -0.4 is 0 Å². The molecule has 0 aliphatic heterocycles. The van der Waals surface area contributed by atoms with E-state index in [1.165, 1.54) is 12.1 Å². The Bertz CT molecular complexity index is 474. The van der Waals surface area contributed by atoms with Crippen molar-refractivity contribution in [3.63, 3.8) is 0 Å². The minimum Gasteiger partial charge on any atom is -0.333 e. The molecule has 0 saturated carbocycles. The third kappa shape index (κ3) is 1.65. The molecule has 3 nitrogen and oxygen atoms in total. The van der Waals surface area contributed by atoms with E-state index in [-0.39, 0.29) is 21.2 Å². The first kappa shape index (κ1) is 9.61. The smallest absolute Gasteiger partial charge is 0.261 e. The molecule has 0 atom stereocenters. The van der Waals surface area contributed by atoms with Crippen LogP contribution in [0.4, 0.5) is 4.39 Å². The van der Waals surface area contributed by atoms with E-state index in [4.69, 9.17) is 16.1 Å². The zero-order valence-electron chi connectivity index (χ0n) is 6.67. The maximum Gasteiger partial charge on any atom is 0.261 e. The summed E-state index contributed by atoms with van der Waals surface area (Å²) in [4.78, 5) is 3.82. The number of hydrogen-bond acceptors (Lipinski definition) is 3. The van der Waals surface area contributed by atoms with Crippen LogP contribution in [0.2, 0.25) is 5.02 Å². The molecule has 2 aromatic rings. The molecule has 0 fully saturated rings. The van der Waals surface area contributed by atoms with Crippen LogP contribution in [0.15, 0.2) is 27.5 Å². The van der Waals surface area contributed by atoms with Gasteiger partial charge in [-0.3, -0.25) is 0 Å². The van der Waals surface area contributed by atoms with Gasteiger partial charge in [-0.15, -0.1) is 0 Å². The van der Waals surface area contributed by atoms with Gasteiger partial charge in [0.2, 0.25) is 4.73 Å². The second-order valence-corrected chi connectivity index (χ2v) is 3.59. The van der Waals surface area contributed by atoms with Gasteiger partial charge in [-0.05, 0) is 33.2 Å². The number of aromatic nitrogens is 2. The third-order valence-corrected chi connectivity index (χ3v) is 2.20. The minimum absolute atomic E-state index is 0.0248. The van der Waals surface area contributed by atoms with Crippen molar-refractivity contribution < 1.29 is 8.91 Å². The van der Waals surface area contributed by atoms with Crippen LogP contribution in [0, 0.1) is 5.82 Å². The molecule has 1 aromatic carbocycles. The minimum atomic E-state index is -0.565. The summed E-state index contributed by atoms with van der Waals surface area (Å²) in [6, 6.07) is 4.58. The Kier molecular flexibility index (Phi) is 2.52. The molecule has 0 unspecified atom stereocenters. The molecule has 1 heterocycles. The third-order valence-electron chi connectivity index (χ3n) is 1.58. The Hall–Kier alpha value is -0.940. The molecule has 0 bridgehead atoms.